The minimum absolute atomic E-state index is 0.119. The Labute approximate surface area is 66.7 Å². The van der Waals surface area contributed by atoms with Gasteiger partial charge in [-0.1, -0.05) is 0 Å². The van der Waals surface area contributed by atoms with Gasteiger partial charge in [0.05, 0.1) is 13.3 Å². The van der Waals surface area contributed by atoms with Gasteiger partial charge >= 0.3 is 0 Å². The summed E-state index contributed by atoms with van der Waals surface area (Å²) in [6.07, 6.45) is 1.19. The SMILES string of the molecule is CC(C)(OCN)OCCC=O. The van der Waals surface area contributed by atoms with Crippen molar-refractivity contribution in [2.75, 3.05) is 13.3 Å². The third kappa shape index (κ3) is 5.97. The van der Waals surface area contributed by atoms with Crippen LogP contribution in [-0.2, 0) is 14.3 Å². The van der Waals surface area contributed by atoms with Crippen molar-refractivity contribution < 1.29 is 14.3 Å². The predicted molar refractivity (Wildman–Crippen MR) is 40.9 cm³/mol. The standard InChI is InChI=1S/C7H15NO3/c1-7(2,11-6-8)10-5-3-4-9/h4H,3,5-6,8H2,1-2H3. The Hall–Kier alpha value is -0.450. The maximum absolute atomic E-state index is 9.90. The molecule has 0 saturated carbocycles. The molecular formula is C7H15NO3. The van der Waals surface area contributed by atoms with Crippen LogP contribution >= 0.6 is 0 Å². The van der Waals surface area contributed by atoms with Crippen LogP contribution in [-0.4, -0.2) is 25.4 Å². The molecule has 0 unspecified atom stereocenters. The molecule has 0 aromatic carbocycles. The first-order chi connectivity index (χ1) is 5.12. The molecule has 4 nitrogen and oxygen atoms in total. The summed E-state index contributed by atoms with van der Waals surface area (Å²) in [6.45, 7) is 4.00. The largest absolute Gasteiger partial charge is 0.350 e. The van der Waals surface area contributed by atoms with E-state index in [2.05, 4.69) is 0 Å². The maximum atomic E-state index is 9.90. The van der Waals surface area contributed by atoms with Crippen LogP contribution in [0.15, 0.2) is 0 Å². The molecule has 0 radical (unpaired) electrons. The predicted octanol–water partition coefficient (Wildman–Crippen LogP) is 0.261. The topological polar surface area (TPSA) is 61.6 Å². The first kappa shape index (κ1) is 10.6. The van der Waals surface area contributed by atoms with Gasteiger partial charge in [-0.3, -0.25) is 0 Å². The van der Waals surface area contributed by atoms with Gasteiger partial charge in [0.2, 0.25) is 0 Å². The molecule has 0 rings (SSSR count). The van der Waals surface area contributed by atoms with Crippen molar-refractivity contribution in [1.82, 2.24) is 0 Å². The molecule has 11 heavy (non-hydrogen) atoms. The Morgan fingerprint density at radius 3 is 2.55 bits per heavy atom. The lowest BCUT2D eigenvalue weighted by Crippen LogP contribution is -2.31. The Kier molecular flexibility index (Phi) is 5.02. The Morgan fingerprint density at radius 1 is 1.45 bits per heavy atom. The van der Waals surface area contributed by atoms with Gasteiger partial charge in [-0.2, -0.15) is 0 Å². The van der Waals surface area contributed by atoms with Crippen molar-refractivity contribution in [3.05, 3.63) is 0 Å². The lowest BCUT2D eigenvalue weighted by Gasteiger charge is -2.24. The molecule has 0 aliphatic rings. The fourth-order valence-corrected chi connectivity index (χ4v) is 0.595. The van der Waals surface area contributed by atoms with E-state index in [0.717, 1.165) is 6.29 Å². The molecule has 0 aromatic rings. The Bertz CT molecular complexity index is 114. The molecule has 2 N–H and O–H groups in total. The number of hydrogen-bond donors (Lipinski definition) is 1. The van der Waals surface area contributed by atoms with E-state index in [1.54, 1.807) is 13.8 Å². The van der Waals surface area contributed by atoms with Crippen LogP contribution in [0.5, 0.6) is 0 Å². The van der Waals surface area contributed by atoms with Crippen molar-refractivity contribution in [3.8, 4) is 0 Å². The molecule has 0 aromatic heterocycles. The van der Waals surface area contributed by atoms with E-state index in [4.69, 9.17) is 15.2 Å². The Morgan fingerprint density at radius 2 is 2.09 bits per heavy atom. The van der Waals surface area contributed by atoms with Crippen LogP contribution in [0.25, 0.3) is 0 Å². The van der Waals surface area contributed by atoms with Crippen molar-refractivity contribution in [2.24, 2.45) is 5.73 Å². The van der Waals surface area contributed by atoms with Crippen LogP contribution in [0.2, 0.25) is 0 Å². The number of hydrogen-bond acceptors (Lipinski definition) is 4. The number of carbonyl (C=O) groups is 1. The van der Waals surface area contributed by atoms with Crippen molar-refractivity contribution in [1.29, 1.82) is 0 Å². The summed E-state index contributed by atoms with van der Waals surface area (Å²) in [5.74, 6) is -0.683. The average Bonchev–Trinajstić information content (AvgIpc) is 1.87. The van der Waals surface area contributed by atoms with E-state index in [9.17, 15) is 4.79 Å². The zero-order valence-electron chi connectivity index (χ0n) is 7.00. The second-order valence-electron chi connectivity index (χ2n) is 2.51. The number of rotatable bonds is 6. The lowest BCUT2D eigenvalue weighted by atomic mass is 10.4. The molecule has 0 atom stereocenters. The van der Waals surface area contributed by atoms with Crippen molar-refractivity contribution in [2.45, 2.75) is 26.1 Å². The molecule has 0 bridgehead atoms. The summed E-state index contributed by atoms with van der Waals surface area (Å²) in [4.78, 5) is 9.90. The molecule has 0 amide bonds. The van der Waals surface area contributed by atoms with E-state index >= 15 is 0 Å². The summed E-state index contributed by atoms with van der Waals surface area (Å²) in [6, 6.07) is 0. The van der Waals surface area contributed by atoms with Crippen LogP contribution in [0, 0.1) is 0 Å². The molecular weight excluding hydrogens is 146 g/mol. The number of aldehydes is 1. The quantitative estimate of drug-likeness (QED) is 0.345. The third-order valence-corrected chi connectivity index (χ3v) is 1.12. The molecule has 0 heterocycles. The number of carbonyl (C=O) groups excluding carboxylic acids is 1. The molecule has 0 fully saturated rings. The summed E-state index contributed by atoms with van der Waals surface area (Å²) in [7, 11) is 0. The van der Waals surface area contributed by atoms with Gasteiger partial charge in [-0.25, -0.2) is 0 Å². The Balaban J connectivity index is 3.45. The lowest BCUT2D eigenvalue weighted by molar-refractivity contribution is -0.211. The minimum Gasteiger partial charge on any atom is -0.350 e. The fourth-order valence-electron chi connectivity index (χ4n) is 0.595. The van der Waals surface area contributed by atoms with Crippen LogP contribution in [0.4, 0.5) is 0 Å². The summed E-state index contributed by atoms with van der Waals surface area (Å²) >= 11 is 0. The monoisotopic (exact) mass is 161 g/mol. The summed E-state index contributed by atoms with van der Waals surface area (Å²) in [5, 5.41) is 0. The van der Waals surface area contributed by atoms with Crippen LogP contribution in [0.1, 0.15) is 20.3 Å². The van der Waals surface area contributed by atoms with Crippen LogP contribution < -0.4 is 5.73 Å². The van der Waals surface area contributed by atoms with E-state index in [-0.39, 0.29) is 6.73 Å². The average molecular weight is 161 g/mol. The van der Waals surface area contributed by atoms with Gasteiger partial charge in [0.15, 0.2) is 5.79 Å². The fraction of sp³-hybridized carbons (Fsp3) is 0.857. The van der Waals surface area contributed by atoms with Gasteiger partial charge in [0.1, 0.15) is 6.29 Å². The number of ether oxygens (including phenoxy) is 2. The summed E-state index contributed by atoms with van der Waals surface area (Å²) < 4.78 is 10.2. The second-order valence-corrected chi connectivity index (χ2v) is 2.51. The van der Waals surface area contributed by atoms with Gasteiger partial charge in [-0.05, 0) is 13.8 Å². The first-order valence-corrected chi connectivity index (χ1v) is 3.54. The second kappa shape index (κ2) is 5.23. The van der Waals surface area contributed by atoms with Gasteiger partial charge in [0.25, 0.3) is 0 Å². The summed E-state index contributed by atoms with van der Waals surface area (Å²) in [5.41, 5.74) is 5.15. The van der Waals surface area contributed by atoms with Gasteiger partial charge in [0, 0.05) is 6.42 Å². The highest BCUT2D eigenvalue weighted by atomic mass is 16.7. The highest BCUT2D eigenvalue weighted by Crippen LogP contribution is 2.09. The van der Waals surface area contributed by atoms with E-state index in [1.807, 2.05) is 0 Å². The van der Waals surface area contributed by atoms with E-state index in [0.29, 0.717) is 13.0 Å². The van der Waals surface area contributed by atoms with Crippen LogP contribution in [0.3, 0.4) is 0 Å². The molecule has 0 aliphatic heterocycles. The minimum atomic E-state index is -0.683. The molecule has 66 valence electrons. The highest BCUT2D eigenvalue weighted by Gasteiger charge is 2.16. The zero-order chi connectivity index (χ0) is 8.74. The first-order valence-electron chi connectivity index (χ1n) is 3.54. The maximum Gasteiger partial charge on any atom is 0.164 e. The smallest absolute Gasteiger partial charge is 0.164 e. The van der Waals surface area contributed by atoms with Gasteiger partial charge < -0.3 is 20.0 Å². The molecule has 0 aliphatic carbocycles. The zero-order valence-corrected chi connectivity index (χ0v) is 7.00. The van der Waals surface area contributed by atoms with Crippen molar-refractivity contribution >= 4 is 6.29 Å². The third-order valence-electron chi connectivity index (χ3n) is 1.12. The number of nitrogens with two attached hydrogens (primary N) is 1. The van der Waals surface area contributed by atoms with Crippen molar-refractivity contribution in [3.63, 3.8) is 0 Å². The van der Waals surface area contributed by atoms with E-state index in [1.165, 1.54) is 0 Å². The molecule has 4 heteroatoms. The van der Waals surface area contributed by atoms with Gasteiger partial charge in [-0.15, -0.1) is 0 Å². The molecule has 0 spiro atoms. The normalized spacial score (nSPS) is 11.5. The molecule has 0 saturated heterocycles. The van der Waals surface area contributed by atoms with E-state index < -0.39 is 5.79 Å². The highest BCUT2D eigenvalue weighted by molar-refractivity contribution is 5.49.